The molecule has 2 amide bonds. The molecule has 1 aromatic carbocycles. The van der Waals surface area contributed by atoms with Gasteiger partial charge in [0.05, 0.1) is 0 Å². The van der Waals surface area contributed by atoms with Gasteiger partial charge in [0.25, 0.3) is 0 Å². The maximum Gasteiger partial charge on any atom is 0.319 e. The van der Waals surface area contributed by atoms with Gasteiger partial charge in [-0.1, -0.05) is 12.1 Å². The zero-order valence-corrected chi connectivity index (χ0v) is 8.79. The van der Waals surface area contributed by atoms with Gasteiger partial charge in [0.15, 0.2) is 0 Å². The lowest BCUT2D eigenvalue weighted by Crippen LogP contribution is -2.30. The number of rotatable bonds is 3. The lowest BCUT2D eigenvalue weighted by Gasteiger charge is -2.07. The van der Waals surface area contributed by atoms with Crippen LogP contribution in [-0.4, -0.2) is 17.9 Å². The number of carbonyl (C=O) groups is 1. The summed E-state index contributed by atoms with van der Waals surface area (Å²) in [6.07, 6.45) is 2.11. The molecule has 0 spiro atoms. The number of hydrogen-bond donors (Lipinski definition) is 4. The number of anilines is 1. The largest absolute Gasteiger partial charge is 0.384 e. The lowest BCUT2D eigenvalue weighted by atomic mass is 10.2. The fourth-order valence-corrected chi connectivity index (χ4v) is 1.34. The van der Waals surface area contributed by atoms with E-state index in [4.69, 9.17) is 11.1 Å². The van der Waals surface area contributed by atoms with E-state index in [1.54, 1.807) is 24.3 Å². The van der Waals surface area contributed by atoms with E-state index in [1.807, 2.05) is 0 Å². The molecular formula is C11H14N4O. The first-order chi connectivity index (χ1) is 7.65. The van der Waals surface area contributed by atoms with Gasteiger partial charge in [0.1, 0.15) is 5.84 Å². The molecule has 84 valence electrons. The van der Waals surface area contributed by atoms with Crippen molar-refractivity contribution in [2.24, 2.45) is 5.73 Å². The number of urea groups is 1. The van der Waals surface area contributed by atoms with Crippen LogP contribution in [0.2, 0.25) is 0 Å². The summed E-state index contributed by atoms with van der Waals surface area (Å²) >= 11 is 0. The van der Waals surface area contributed by atoms with Crippen LogP contribution in [0.5, 0.6) is 0 Å². The number of amides is 2. The van der Waals surface area contributed by atoms with Crippen molar-refractivity contribution in [3.05, 3.63) is 29.8 Å². The van der Waals surface area contributed by atoms with Crippen LogP contribution in [0.25, 0.3) is 0 Å². The van der Waals surface area contributed by atoms with Gasteiger partial charge in [-0.2, -0.15) is 0 Å². The van der Waals surface area contributed by atoms with E-state index in [2.05, 4.69) is 10.6 Å². The van der Waals surface area contributed by atoms with Crippen LogP contribution in [-0.2, 0) is 0 Å². The molecule has 1 fully saturated rings. The van der Waals surface area contributed by atoms with Gasteiger partial charge in [-0.05, 0) is 25.0 Å². The molecule has 0 atom stereocenters. The molecule has 16 heavy (non-hydrogen) atoms. The molecule has 0 unspecified atom stereocenters. The Labute approximate surface area is 93.5 Å². The fourth-order valence-electron chi connectivity index (χ4n) is 1.34. The Morgan fingerprint density at radius 1 is 1.44 bits per heavy atom. The highest BCUT2D eigenvalue weighted by atomic mass is 16.2. The van der Waals surface area contributed by atoms with Crippen LogP contribution < -0.4 is 16.4 Å². The molecule has 0 aromatic heterocycles. The molecule has 5 heteroatoms. The summed E-state index contributed by atoms with van der Waals surface area (Å²) in [5, 5.41) is 12.8. The number of benzene rings is 1. The number of nitrogens with two attached hydrogens (primary N) is 1. The minimum Gasteiger partial charge on any atom is -0.384 e. The highest BCUT2D eigenvalue weighted by Crippen LogP contribution is 2.19. The van der Waals surface area contributed by atoms with Crippen LogP contribution in [0.4, 0.5) is 10.5 Å². The number of amidine groups is 1. The minimum absolute atomic E-state index is 0.00810. The van der Waals surface area contributed by atoms with Crippen LogP contribution >= 0.6 is 0 Å². The van der Waals surface area contributed by atoms with Crippen LogP contribution in [0.3, 0.4) is 0 Å². The first-order valence-electron chi connectivity index (χ1n) is 5.17. The Balaban J connectivity index is 1.99. The molecule has 1 aliphatic rings. The molecule has 2 rings (SSSR count). The van der Waals surface area contributed by atoms with E-state index in [1.165, 1.54) is 0 Å². The fraction of sp³-hybridized carbons (Fsp3) is 0.273. The van der Waals surface area contributed by atoms with Crippen LogP contribution in [0.15, 0.2) is 24.3 Å². The van der Waals surface area contributed by atoms with Gasteiger partial charge in [0.2, 0.25) is 0 Å². The zero-order chi connectivity index (χ0) is 11.5. The van der Waals surface area contributed by atoms with Crippen molar-refractivity contribution in [3.8, 4) is 0 Å². The molecule has 0 aliphatic heterocycles. The lowest BCUT2D eigenvalue weighted by molar-refractivity contribution is 0.251. The summed E-state index contributed by atoms with van der Waals surface area (Å²) in [4.78, 5) is 11.4. The summed E-state index contributed by atoms with van der Waals surface area (Å²) in [5.74, 6) is -0.00810. The number of carbonyl (C=O) groups excluding carboxylic acids is 1. The second-order valence-electron chi connectivity index (χ2n) is 3.87. The van der Waals surface area contributed by atoms with Crippen molar-refractivity contribution in [1.29, 1.82) is 5.41 Å². The third kappa shape index (κ3) is 2.73. The molecule has 0 heterocycles. The Kier molecular flexibility index (Phi) is 2.76. The number of nitrogen functional groups attached to an aromatic ring is 1. The van der Waals surface area contributed by atoms with Crippen molar-refractivity contribution >= 4 is 17.6 Å². The topological polar surface area (TPSA) is 91.0 Å². The van der Waals surface area contributed by atoms with E-state index >= 15 is 0 Å². The van der Waals surface area contributed by atoms with Gasteiger partial charge in [-0.25, -0.2) is 4.79 Å². The minimum atomic E-state index is -0.205. The summed E-state index contributed by atoms with van der Waals surface area (Å²) in [6, 6.07) is 7.04. The van der Waals surface area contributed by atoms with Crippen LogP contribution in [0.1, 0.15) is 18.4 Å². The molecule has 0 radical (unpaired) electrons. The van der Waals surface area contributed by atoms with Crippen molar-refractivity contribution in [1.82, 2.24) is 5.32 Å². The van der Waals surface area contributed by atoms with E-state index < -0.39 is 0 Å². The normalized spacial score (nSPS) is 14.2. The summed E-state index contributed by atoms with van der Waals surface area (Å²) < 4.78 is 0. The maximum absolute atomic E-state index is 11.4. The average molecular weight is 218 g/mol. The summed E-state index contributed by atoms with van der Waals surface area (Å²) in [6.45, 7) is 0. The molecular weight excluding hydrogens is 204 g/mol. The summed E-state index contributed by atoms with van der Waals surface area (Å²) in [5.41, 5.74) is 6.60. The van der Waals surface area contributed by atoms with Gasteiger partial charge in [0, 0.05) is 17.3 Å². The monoisotopic (exact) mass is 218 g/mol. The van der Waals surface area contributed by atoms with Gasteiger partial charge < -0.3 is 16.4 Å². The smallest absolute Gasteiger partial charge is 0.319 e. The second-order valence-corrected chi connectivity index (χ2v) is 3.87. The van der Waals surface area contributed by atoms with E-state index in [-0.39, 0.29) is 11.9 Å². The zero-order valence-electron chi connectivity index (χ0n) is 8.79. The molecule has 5 nitrogen and oxygen atoms in total. The van der Waals surface area contributed by atoms with Gasteiger partial charge in [-0.15, -0.1) is 0 Å². The van der Waals surface area contributed by atoms with Crippen molar-refractivity contribution in [2.75, 3.05) is 5.32 Å². The Morgan fingerprint density at radius 2 is 2.19 bits per heavy atom. The predicted octanol–water partition coefficient (Wildman–Crippen LogP) is 1.25. The molecule has 5 N–H and O–H groups in total. The van der Waals surface area contributed by atoms with E-state index in [0.717, 1.165) is 12.8 Å². The first kappa shape index (κ1) is 10.5. The van der Waals surface area contributed by atoms with E-state index in [0.29, 0.717) is 17.3 Å². The van der Waals surface area contributed by atoms with Gasteiger partial charge in [-0.3, -0.25) is 5.41 Å². The van der Waals surface area contributed by atoms with Crippen molar-refractivity contribution < 1.29 is 4.79 Å². The third-order valence-corrected chi connectivity index (χ3v) is 2.34. The predicted molar refractivity (Wildman–Crippen MR) is 62.6 cm³/mol. The SMILES string of the molecule is N=C(N)c1cccc(NC(=O)NC2CC2)c1. The molecule has 1 aromatic rings. The first-order valence-corrected chi connectivity index (χ1v) is 5.17. The van der Waals surface area contributed by atoms with Crippen LogP contribution in [0, 0.1) is 5.41 Å². The highest BCUT2D eigenvalue weighted by Gasteiger charge is 2.23. The molecule has 1 aliphatic carbocycles. The Bertz CT molecular complexity index is 426. The maximum atomic E-state index is 11.4. The number of hydrogen-bond acceptors (Lipinski definition) is 2. The Hall–Kier alpha value is -2.04. The quantitative estimate of drug-likeness (QED) is 0.454. The van der Waals surface area contributed by atoms with E-state index in [9.17, 15) is 4.79 Å². The highest BCUT2D eigenvalue weighted by molar-refractivity contribution is 5.97. The second kappa shape index (κ2) is 4.22. The average Bonchev–Trinajstić information content (AvgIpc) is 3.01. The van der Waals surface area contributed by atoms with Crippen molar-refractivity contribution in [2.45, 2.75) is 18.9 Å². The third-order valence-electron chi connectivity index (χ3n) is 2.34. The Morgan fingerprint density at radius 3 is 2.81 bits per heavy atom. The molecule has 1 saturated carbocycles. The van der Waals surface area contributed by atoms with Gasteiger partial charge >= 0.3 is 6.03 Å². The standard InChI is InChI=1S/C11H14N4O/c12-10(13)7-2-1-3-9(6-7)15-11(16)14-8-4-5-8/h1-3,6,8H,4-5H2,(H3,12,13)(H2,14,15,16). The summed E-state index contributed by atoms with van der Waals surface area (Å²) in [7, 11) is 0. The molecule has 0 bridgehead atoms. The molecule has 0 saturated heterocycles. The number of nitrogens with one attached hydrogen (secondary N) is 3. The van der Waals surface area contributed by atoms with Crippen molar-refractivity contribution in [3.63, 3.8) is 0 Å².